The normalized spacial score (nSPS) is 14.0. The van der Waals surface area contributed by atoms with E-state index in [1.807, 2.05) is 37.4 Å². The van der Waals surface area contributed by atoms with Gasteiger partial charge in [0.05, 0.1) is 11.4 Å². The molecule has 0 atom stereocenters. The van der Waals surface area contributed by atoms with E-state index in [0.717, 1.165) is 37.2 Å². The number of nitrogens with zero attached hydrogens (tertiary/aromatic N) is 2. The van der Waals surface area contributed by atoms with Gasteiger partial charge in [-0.3, -0.25) is 13.9 Å². The molecular formula is C23H28ClN3O3S. The molecule has 0 saturated carbocycles. The summed E-state index contributed by atoms with van der Waals surface area (Å²) in [5, 5.41) is 0.553. The van der Waals surface area contributed by atoms with Gasteiger partial charge in [-0.05, 0) is 67.9 Å². The molecule has 1 aliphatic heterocycles. The Morgan fingerprint density at radius 1 is 1.19 bits per heavy atom. The predicted octanol–water partition coefficient (Wildman–Crippen LogP) is 4.50. The molecule has 166 valence electrons. The van der Waals surface area contributed by atoms with Gasteiger partial charge in [-0.1, -0.05) is 29.8 Å². The lowest BCUT2D eigenvalue weighted by molar-refractivity contribution is 0.360. The molecule has 0 radical (unpaired) electrons. The maximum Gasteiger partial charge on any atom is 0.323 e. The Morgan fingerprint density at radius 3 is 2.71 bits per heavy atom. The molecular weight excluding hydrogens is 434 g/mol. The van der Waals surface area contributed by atoms with Crippen LogP contribution in [-0.2, 0) is 16.6 Å². The summed E-state index contributed by atoms with van der Waals surface area (Å²) in [6.07, 6.45) is 7.45. The number of ether oxygens (including phenoxy) is 1. The van der Waals surface area contributed by atoms with E-state index in [-0.39, 0.29) is 0 Å². The molecule has 2 aromatic carbocycles. The molecule has 0 aromatic heterocycles. The van der Waals surface area contributed by atoms with E-state index in [9.17, 15) is 8.42 Å². The minimum absolute atomic E-state index is 0.428. The van der Waals surface area contributed by atoms with Crippen LogP contribution in [-0.4, -0.2) is 46.6 Å². The van der Waals surface area contributed by atoms with Gasteiger partial charge in [0.25, 0.3) is 0 Å². The van der Waals surface area contributed by atoms with Gasteiger partial charge in [-0.2, -0.15) is 8.42 Å². The lowest BCUT2D eigenvalue weighted by Gasteiger charge is -2.30. The van der Waals surface area contributed by atoms with Gasteiger partial charge in [0.15, 0.2) is 0 Å². The van der Waals surface area contributed by atoms with Crippen LogP contribution in [0.2, 0.25) is 5.02 Å². The summed E-state index contributed by atoms with van der Waals surface area (Å²) in [4.78, 5) is 2.13. The number of likely N-dealkylation sites (N-methyl/N-ethyl adjacent to an activating group) is 1. The predicted molar refractivity (Wildman–Crippen MR) is 128 cm³/mol. The highest BCUT2D eigenvalue weighted by Gasteiger charge is 2.27. The molecule has 0 bridgehead atoms. The van der Waals surface area contributed by atoms with Crippen molar-refractivity contribution < 1.29 is 13.2 Å². The van der Waals surface area contributed by atoms with E-state index in [2.05, 4.69) is 22.3 Å². The first-order chi connectivity index (χ1) is 14.9. The van der Waals surface area contributed by atoms with Crippen molar-refractivity contribution in [3.63, 3.8) is 0 Å². The van der Waals surface area contributed by atoms with E-state index >= 15 is 0 Å². The van der Waals surface area contributed by atoms with Crippen molar-refractivity contribution in [1.82, 2.24) is 4.90 Å². The molecule has 0 amide bonds. The fraction of sp³-hybridized carbons (Fsp3) is 0.304. The van der Waals surface area contributed by atoms with Crippen molar-refractivity contribution in [2.45, 2.75) is 12.8 Å². The number of hydrogen-bond donors (Lipinski definition) is 1. The largest absolute Gasteiger partial charge is 0.490 e. The molecule has 0 spiro atoms. The summed E-state index contributed by atoms with van der Waals surface area (Å²) in [6.45, 7) is 6.27. The third-order valence-electron chi connectivity index (χ3n) is 4.88. The van der Waals surface area contributed by atoms with Gasteiger partial charge in [0.1, 0.15) is 12.4 Å². The fourth-order valence-corrected chi connectivity index (χ4v) is 4.84. The molecule has 1 heterocycles. The maximum absolute atomic E-state index is 13.0. The zero-order chi connectivity index (χ0) is 22.3. The van der Waals surface area contributed by atoms with Crippen LogP contribution in [0.25, 0.3) is 0 Å². The molecule has 0 unspecified atom stereocenters. The summed E-state index contributed by atoms with van der Waals surface area (Å²) >= 11 is 5.88. The first-order valence-corrected chi connectivity index (χ1v) is 12.0. The quantitative estimate of drug-likeness (QED) is 0.529. The van der Waals surface area contributed by atoms with Crippen molar-refractivity contribution >= 4 is 33.2 Å². The van der Waals surface area contributed by atoms with Crippen LogP contribution < -0.4 is 13.8 Å². The maximum atomic E-state index is 13.0. The highest BCUT2D eigenvalue weighted by Crippen LogP contribution is 2.33. The zero-order valence-corrected chi connectivity index (χ0v) is 19.2. The SMILES string of the molecule is C=CCN(C)CC=CCOc1ccc2c(c1)CCCN2S(=O)(=O)Nc1ccc(Cl)cc1. The van der Waals surface area contributed by atoms with Crippen molar-refractivity contribution in [3.05, 3.63) is 77.9 Å². The molecule has 31 heavy (non-hydrogen) atoms. The third-order valence-corrected chi connectivity index (χ3v) is 6.58. The van der Waals surface area contributed by atoms with Gasteiger partial charge in [0, 0.05) is 24.7 Å². The number of halogens is 1. The average molecular weight is 462 g/mol. The Balaban J connectivity index is 1.65. The van der Waals surface area contributed by atoms with Crippen LogP contribution in [0.3, 0.4) is 0 Å². The minimum Gasteiger partial charge on any atom is -0.490 e. The van der Waals surface area contributed by atoms with Crippen LogP contribution in [0.5, 0.6) is 5.75 Å². The zero-order valence-electron chi connectivity index (χ0n) is 17.6. The number of fused-ring (bicyclic) bond motifs is 1. The second kappa shape index (κ2) is 10.7. The van der Waals surface area contributed by atoms with Gasteiger partial charge in [-0.25, -0.2) is 0 Å². The van der Waals surface area contributed by atoms with Crippen molar-refractivity contribution in [2.75, 3.05) is 42.3 Å². The van der Waals surface area contributed by atoms with Crippen LogP contribution in [0.1, 0.15) is 12.0 Å². The third kappa shape index (κ3) is 6.50. The van der Waals surface area contributed by atoms with Gasteiger partial charge in [-0.15, -0.1) is 6.58 Å². The molecule has 3 rings (SSSR count). The van der Waals surface area contributed by atoms with E-state index in [1.54, 1.807) is 24.3 Å². The molecule has 6 nitrogen and oxygen atoms in total. The highest BCUT2D eigenvalue weighted by atomic mass is 35.5. The number of hydrogen-bond acceptors (Lipinski definition) is 4. The van der Waals surface area contributed by atoms with Crippen molar-refractivity contribution in [2.24, 2.45) is 0 Å². The lowest BCUT2D eigenvalue weighted by Crippen LogP contribution is -2.39. The van der Waals surface area contributed by atoms with E-state index in [1.165, 1.54) is 4.31 Å². The second-order valence-electron chi connectivity index (χ2n) is 7.37. The molecule has 0 saturated heterocycles. The van der Waals surface area contributed by atoms with Gasteiger partial charge >= 0.3 is 10.2 Å². The second-order valence-corrected chi connectivity index (χ2v) is 9.40. The van der Waals surface area contributed by atoms with E-state index in [0.29, 0.717) is 29.5 Å². The van der Waals surface area contributed by atoms with Crippen LogP contribution in [0.4, 0.5) is 11.4 Å². The Bertz CT molecular complexity index is 1020. The summed E-state index contributed by atoms with van der Waals surface area (Å²) < 4.78 is 35.8. The lowest BCUT2D eigenvalue weighted by atomic mass is 10.0. The number of rotatable bonds is 10. The summed E-state index contributed by atoms with van der Waals surface area (Å²) in [7, 11) is -1.71. The summed E-state index contributed by atoms with van der Waals surface area (Å²) in [6, 6.07) is 12.1. The van der Waals surface area contributed by atoms with Crippen LogP contribution in [0.15, 0.2) is 67.3 Å². The molecule has 1 N–H and O–H groups in total. The van der Waals surface area contributed by atoms with E-state index < -0.39 is 10.2 Å². The highest BCUT2D eigenvalue weighted by molar-refractivity contribution is 7.94. The molecule has 0 aliphatic carbocycles. The Labute approximate surface area is 190 Å². The number of aryl methyl sites for hydroxylation is 1. The van der Waals surface area contributed by atoms with Gasteiger partial charge < -0.3 is 4.74 Å². The number of nitrogens with one attached hydrogen (secondary N) is 1. The molecule has 2 aromatic rings. The standard InChI is InChI=1S/C23H28ClN3O3S/c1-3-14-26(2)15-4-5-17-30-22-12-13-23-19(18-22)7-6-16-27(23)31(28,29)25-21-10-8-20(24)9-11-21/h3-5,8-13,18,25H,1,6-7,14-17H2,2H3. The monoisotopic (exact) mass is 461 g/mol. The fourth-order valence-electron chi connectivity index (χ4n) is 3.36. The van der Waals surface area contributed by atoms with Crippen molar-refractivity contribution in [3.8, 4) is 5.75 Å². The molecule has 1 aliphatic rings. The first-order valence-electron chi connectivity index (χ1n) is 10.2. The summed E-state index contributed by atoms with van der Waals surface area (Å²) in [5.41, 5.74) is 2.11. The van der Waals surface area contributed by atoms with E-state index in [4.69, 9.17) is 16.3 Å². The Kier molecular flexibility index (Phi) is 8.01. The topological polar surface area (TPSA) is 61.9 Å². The average Bonchev–Trinajstić information content (AvgIpc) is 2.74. The smallest absolute Gasteiger partial charge is 0.323 e. The van der Waals surface area contributed by atoms with Crippen molar-refractivity contribution in [1.29, 1.82) is 0 Å². The minimum atomic E-state index is -3.74. The number of benzene rings is 2. The molecule has 0 fully saturated rings. The number of anilines is 2. The summed E-state index contributed by atoms with van der Waals surface area (Å²) in [5.74, 6) is 0.729. The van der Waals surface area contributed by atoms with Crippen LogP contribution >= 0.6 is 11.6 Å². The van der Waals surface area contributed by atoms with Crippen LogP contribution in [0, 0.1) is 0 Å². The Morgan fingerprint density at radius 2 is 1.97 bits per heavy atom. The molecule has 8 heteroatoms. The van der Waals surface area contributed by atoms with Gasteiger partial charge in [0.2, 0.25) is 0 Å². The first kappa shape index (κ1) is 23.2. The Hall–Kier alpha value is -2.48.